The molecule has 0 fully saturated rings. The van der Waals surface area contributed by atoms with Gasteiger partial charge in [-0.2, -0.15) is 0 Å². The Hall–Kier alpha value is -1.47. The highest BCUT2D eigenvalue weighted by atomic mass is 16.5. The van der Waals surface area contributed by atoms with Gasteiger partial charge in [0.25, 0.3) is 0 Å². The van der Waals surface area contributed by atoms with Crippen LogP contribution < -0.4 is 5.32 Å². The molecular formula is C39H75NO6. The molecule has 0 aliphatic carbocycles. The highest BCUT2D eigenvalue weighted by Gasteiger charge is 2.17. The molecule has 0 saturated heterocycles. The Balaban J connectivity index is 4.27. The first kappa shape index (κ1) is 44.5. The molecule has 1 amide bonds. The fourth-order valence-electron chi connectivity index (χ4n) is 5.82. The average Bonchev–Trinajstić information content (AvgIpc) is 3.04. The zero-order chi connectivity index (χ0) is 33.9. The predicted molar refractivity (Wildman–Crippen MR) is 191 cm³/mol. The monoisotopic (exact) mass is 654 g/mol. The third kappa shape index (κ3) is 31.1. The summed E-state index contributed by atoms with van der Waals surface area (Å²) in [6, 6.07) is -0.560. The van der Waals surface area contributed by atoms with Gasteiger partial charge >= 0.3 is 5.97 Å². The number of ketones is 1. The molecule has 0 aromatic rings. The van der Waals surface area contributed by atoms with E-state index in [0.717, 1.165) is 51.4 Å². The molecule has 0 aliphatic heterocycles. The molecule has 7 nitrogen and oxygen atoms in total. The molecule has 0 aromatic heterocycles. The quantitative estimate of drug-likeness (QED) is 0.0396. The topological polar surface area (TPSA) is 102 Å². The van der Waals surface area contributed by atoms with Crippen LogP contribution in [0.25, 0.3) is 0 Å². The number of ether oxygens (including phenoxy) is 2. The number of carbonyl (C=O) groups excluding carboxylic acids is 3. The van der Waals surface area contributed by atoms with Crippen molar-refractivity contribution in [2.24, 2.45) is 0 Å². The van der Waals surface area contributed by atoms with Crippen molar-refractivity contribution in [3.63, 3.8) is 0 Å². The summed E-state index contributed by atoms with van der Waals surface area (Å²) in [5, 5.41) is 12.5. The number of Topliss-reactive ketones (excluding diaryl/α,β-unsaturated/α-hetero) is 1. The average molecular weight is 654 g/mol. The number of hydrogen-bond acceptors (Lipinski definition) is 6. The van der Waals surface area contributed by atoms with E-state index in [4.69, 9.17) is 9.47 Å². The van der Waals surface area contributed by atoms with Gasteiger partial charge in [0, 0.05) is 19.3 Å². The number of nitrogens with one attached hydrogen (secondary N) is 1. The third-order valence-corrected chi connectivity index (χ3v) is 8.82. The number of carbonyl (C=O) groups is 3. The van der Waals surface area contributed by atoms with Gasteiger partial charge in [-0.15, -0.1) is 0 Å². The normalized spacial score (nSPS) is 12.6. The molecule has 0 radical (unpaired) electrons. The largest absolute Gasteiger partial charge is 0.462 e. The number of aliphatic hydroxyl groups is 1. The van der Waals surface area contributed by atoms with Crippen molar-refractivity contribution in [1.82, 2.24) is 5.32 Å². The molecule has 0 heterocycles. The van der Waals surface area contributed by atoms with Gasteiger partial charge in [-0.05, 0) is 25.7 Å². The molecule has 0 rings (SSSR count). The summed E-state index contributed by atoms with van der Waals surface area (Å²) in [4.78, 5) is 37.2. The van der Waals surface area contributed by atoms with E-state index in [2.05, 4.69) is 26.1 Å². The second kappa shape index (κ2) is 34.9. The smallest absolute Gasteiger partial charge is 0.306 e. The molecule has 7 heteroatoms. The molecule has 2 atom stereocenters. The van der Waals surface area contributed by atoms with Gasteiger partial charge in [-0.1, -0.05) is 149 Å². The van der Waals surface area contributed by atoms with Gasteiger partial charge < -0.3 is 19.9 Å². The minimum absolute atomic E-state index is 0.0518. The minimum Gasteiger partial charge on any atom is -0.462 e. The van der Waals surface area contributed by atoms with Crippen molar-refractivity contribution in [1.29, 1.82) is 0 Å². The molecular weight excluding hydrogens is 578 g/mol. The molecule has 0 aromatic carbocycles. The summed E-state index contributed by atoms with van der Waals surface area (Å²) in [6.07, 6.45) is 29.4. The van der Waals surface area contributed by atoms with Crippen molar-refractivity contribution in [3.05, 3.63) is 0 Å². The maximum absolute atomic E-state index is 12.6. The fourth-order valence-corrected chi connectivity index (χ4v) is 5.82. The van der Waals surface area contributed by atoms with Gasteiger partial charge in [0.1, 0.15) is 11.9 Å². The lowest BCUT2D eigenvalue weighted by Gasteiger charge is -2.20. The summed E-state index contributed by atoms with van der Waals surface area (Å²) in [5.74, 6) is -0.530. The summed E-state index contributed by atoms with van der Waals surface area (Å²) in [5.41, 5.74) is 0. The minimum atomic E-state index is -0.560. The van der Waals surface area contributed by atoms with Crippen molar-refractivity contribution in [3.8, 4) is 0 Å². The van der Waals surface area contributed by atoms with E-state index in [1.54, 1.807) is 0 Å². The Morgan fingerprint density at radius 1 is 0.587 bits per heavy atom. The van der Waals surface area contributed by atoms with Crippen LogP contribution in [0.5, 0.6) is 0 Å². The van der Waals surface area contributed by atoms with Crippen LogP contribution >= 0.6 is 0 Å². The summed E-state index contributed by atoms with van der Waals surface area (Å²) < 4.78 is 11.7. The SMILES string of the molecule is CCCCCCCCCCCC(=O)CC(=O)N[C@@H](CO)COCC[C@H](CCCCCCC)OC(=O)CCCCCCCCCCC. The number of aliphatic hydroxyl groups excluding tert-OH is 1. The second-order valence-electron chi connectivity index (χ2n) is 13.5. The van der Waals surface area contributed by atoms with E-state index in [-0.39, 0.29) is 43.4 Å². The fraction of sp³-hybridized carbons (Fsp3) is 0.923. The van der Waals surface area contributed by atoms with Crippen LogP contribution in [0.4, 0.5) is 0 Å². The maximum atomic E-state index is 12.6. The lowest BCUT2D eigenvalue weighted by Crippen LogP contribution is -2.41. The van der Waals surface area contributed by atoms with E-state index in [0.29, 0.717) is 25.9 Å². The van der Waals surface area contributed by atoms with Crippen molar-refractivity contribution < 1.29 is 29.0 Å². The van der Waals surface area contributed by atoms with Crippen LogP contribution in [0, 0.1) is 0 Å². The number of esters is 1. The lowest BCUT2D eigenvalue weighted by molar-refractivity contribution is -0.150. The maximum Gasteiger partial charge on any atom is 0.306 e. The first-order chi connectivity index (χ1) is 22.5. The number of amides is 1. The van der Waals surface area contributed by atoms with E-state index >= 15 is 0 Å². The summed E-state index contributed by atoms with van der Waals surface area (Å²) >= 11 is 0. The number of hydrogen-bond donors (Lipinski definition) is 2. The van der Waals surface area contributed by atoms with Crippen LogP contribution in [0.3, 0.4) is 0 Å². The molecule has 0 unspecified atom stereocenters. The molecule has 0 bridgehead atoms. The Bertz CT molecular complexity index is 700. The first-order valence-electron chi connectivity index (χ1n) is 19.7. The van der Waals surface area contributed by atoms with Crippen molar-refractivity contribution in [2.75, 3.05) is 19.8 Å². The number of unbranched alkanes of at least 4 members (excludes halogenated alkanes) is 20. The molecule has 0 spiro atoms. The Morgan fingerprint density at radius 2 is 1.04 bits per heavy atom. The Kier molecular flexibility index (Phi) is 33.7. The third-order valence-electron chi connectivity index (χ3n) is 8.82. The standard InChI is InChI=1S/C39H75NO6/c1-4-7-10-13-15-17-19-22-24-27-36(42)32-38(43)40-35(33-41)34-45-31-30-37(28-25-21-12-9-6-3)46-39(44)29-26-23-20-18-16-14-11-8-5-2/h35,37,41H,4-34H2,1-3H3,(H,40,43)/t35-,37-/m0/s1. The van der Waals surface area contributed by atoms with Gasteiger partial charge in [-0.3, -0.25) is 14.4 Å². The van der Waals surface area contributed by atoms with Gasteiger partial charge in [0.05, 0.1) is 32.3 Å². The van der Waals surface area contributed by atoms with Crippen molar-refractivity contribution in [2.45, 2.75) is 213 Å². The molecule has 46 heavy (non-hydrogen) atoms. The highest BCUT2D eigenvalue weighted by molar-refractivity contribution is 5.98. The molecule has 0 aliphatic rings. The first-order valence-corrected chi connectivity index (χ1v) is 19.7. The summed E-state index contributed by atoms with van der Waals surface area (Å²) in [7, 11) is 0. The van der Waals surface area contributed by atoms with Gasteiger partial charge in [0.15, 0.2) is 0 Å². The second-order valence-corrected chi connectivity index (χ2v) is 13.5. The Labute approximate surface area is 284 Å². The van der Waals surface area contributed by atoms with Crippen LogP contribution in [0.1, 0.15) is 201 Å². The van der Waals surface area contributed by atoms with Crippen LogP contribution in [-0.2, 0) is 23.9 Å². The van der Waals surface area contributed by atoms with Crippen LogP contribution in [0.2, 0.25) is 0 Å². The zero-order valence-electron chi connectivity index (χ0n) is 30.6. The van der Waals surface area contributed by atoms with E-state index < -0.39 is 6.04 Å². The highest BCUT2D eigenvalue weighted by Crippen LogP contribution is 2.16. The van der Waals surface area contributed by atoms with Gasteiger partial charge in [0.2, 0.25) is 5.91 Å². The van der Waals surface area contributed by atoms with E-state index in [1.807, 2.05) is 0 Å². The van der Waals surface area contributed by atoms with Crippen LogP contribution in [-0.4, -0.2) is 54.7 Å². The lowest BCUT2D eigenvalue weighted by atomic mass is 10.0. The van der Waals surface area contributed by atoms with Crippen LogP contribution in [0.15, 0.2) is 0 Å². The van der Waals surface area contributed by atoms with E-state index in [9.17, 15) is 19.5 Å². The molecule has 0 saturated carbocycles. The molecule has 2 N–H and O–H groups in total. The van der Waals surface area contributed by atoms with Gasteiger partial charge in [-0.25, -0.2) is 0 Å². The zero-order valence-corrected chi connectivity index (χ0v) is 30.6. The summed E-state index contributed by atoms with van der Waals surface area (Å²) in [6.45, 7) is 6.95. The predicted octanol–water partition coefficient (Wildman–Crippen LogP) is 9.94. The molecule has 272 valence electrons. The Morgan fingerprint density at radius 3 is 1.54 bits per heavy atom. The number of rotatable bonds is 36. The van der Waals surface area contributed by atoms with E-state index in [1.165, 1.54) is 103 Å². The van der Waals surface area contributed by atoms with Crippen molar-refractivity contribution >= 4 is 17.7 Å².